The van der Waals surface area contributed by atoms with Gasteiger partial charge in [-0.1, -0.05) is 6.07 Å². The highest BCUT2D eigenvalue weighted by Crippen LogP contribution is 2.14. The summed E-state index contributed by atoms with van der Waals surface area (Å²) < 4.78 is 44.3. The average molecular weight is 386 g/mol. The second-order valence-electron chi connectivity index (χ2n) is 5.12. The van der Waals surface area contributed by atoms with Crippen LogP contribution in [0.25, 0.3) is 0 Å². The van der Waals surface area contributed by atoms with Gasteiger partial charge in [0.2, 0.25) is 5.91 Å². The zero-order valence-electron chi connectivity index (χ0n) is 13.4. The number of unbranched alkanes of at least 4 members (excludes halogenated alkanes) is 1. The fraction of sp³-hybridized carbons (Fsp3) is 0.312. The molecule has 6 nitrogen and oxygen atoms in total. The highest BCUT2D eigenvalue weighted by molar-refractivity contribution is 7.91. The van der Waals surface area contributed by atoms with Crippen LogP contribution in [0, 0.1) is 5.82 Å². The number of rotatable bonds is 10. The molecule has 136 valence electrons. The molecule has 0 unspecified atom stereocenters. The molecule has 0 saturated heterocycles. The zero-order valence-corrected chi connectivity index (χ0v) is 15.0. The predicted octanol–water partition coefficient (Wildman–Crippen LogP) is 2.14. The Kier molecular flexibility index (Phi) is 7.35. The molecule has 2 aromatic rings. The van der Waals surface area contributed by atoms with Crippen LogP contribution in [0.2, 0.25) is 0 Å². The van der Waals surface area contributed by atoms with Crippen molar-refractivity contribution in [3.8, 4) is 5.75 Å². The number of carbonyl (C=O) groups excluding carboxylic acids is 1. The number of nitrogens with one attached hydrogen (secondary N) is 2. The number of thiophene rings is 1. The highest BCUT2D eigenvalue weighted by Gasteiger charge is 2.15. The van der Waals surface area contributed by atoms with Crippen LogP contribution in [-0.2, 0) is 14.8 Å². The van der Waals surface area contributed by atoms with E-state index in [0.717, 1.165) is 11.3 Å². The van der Waals surface area contributed by atoms with Gasteiger partial charge in [0.25, 0.3) is 10.0 Å². The number of amides is 1. The number of carbonyl (C=O) groups is 1. The van der Waals surface area contributed by atoms with Gasteiger partial charge in [0.1, 0.15) is 15.8 Å². The van der Waals surface area contributed by atoms with Crippen molar-refractivity contribution in [3.05, 3.63) is 47.6 Å². The topological polar surface area (TPSA) is 84.5 Å². The molecule has 2 N–H and O–H groups in total. The van der Waals surface area contributed by atoms with E-state index in [-0.39, 0.29) is 22.5 Å². The zero-order chi connectivity index (χ0) is 18.1. The first-order chi connectivity index (χ1) is 12.0. The van der Waals surface area contributed by atoms with Crippen molar-refractivity contribution in [3.63, 3.8) is 0 Å². The maximum absolute atomic E-state index is 12.7. The molecule has 2 rings (SSSR count). The van der Waals surface area contributed by atoms with E-state index < -0.39 is 10.0 Å². The first-order valence-corrected chi connectivity index (χ1v) is 10.0. The van der Waals surface area contributed by atoms with Crippen LogP contribution in [-0.4, -0.2) is 34.0 Å². The van der Waals surface area contributed by atoms with Crippen molar-refractivity contribution in [1.29, 1.82) is 0 Å². The molecule has 9 heteroatoms. The summed E-state index contributed by atoms with van der Waals surface area (Å²) in [5.74, 6) is -0.113. The number of sulfonamides is 1. The van der Waals surface area contributed by atoms with Gasteiger partial charge in [-0.15, -0.1) is 11.3 Å². The van der Waals surface area contributed by atoms with Crippen LogP contribution in [0.15, 0.2) is 46.0 Å². The molecule has 1 aromatic heterocycles. The van der Waals surface area contributed by atoms with E-state index in [0.29, 0.717) is 31.7 Å². The van der Waals surface area contributed by atoms with E-state index in [2.05, 4.69) is 10.0 Å². The van der Waals surface area contributed by atoms with E-state index in [4.69, 9.17) is 4.74 Å². The number of hydrogen-bond donors (Lipinski definition) is 2. The Morgan fingerprint density at radius 2 is 1.92 bits per heavy atom. The molecule has 0 radical (unpaired) electrons. The molecular formula is C16H19FN2O4S2. The van der Waals surface area contributed by atoms with Crippen molar-refractivity contribution in [2.45, 2.75) is 17.1 Å². The summed E-state index contributed by atoms with van der Waals surface area (Å²) in [4.78, 5) is 11.6. The quantitative estimate of drug-likeness (QED) is 0.613. The number of benzene rings is 1. The minimum Gasteiger partial charge on any atom is -0.494 e. The fourth-order valence-corrected chi connectivity index (χ4v) is 3.91. The van der Waals surface area contributed by atoms with E-state index in [1.54, 1.807) is 23.6 Å². The van der Waals surface area contributed by atoms with Crippen molar-refractivity contribution >= 4 is 27.3 Å². The average Bonchev–Trinajstić information content (AvgIpc) is 3.13. The third-order valence-corrected chi connectivity index (χ3v) is 5.96. The van der Waals surface area contributed by atoms with E-state index in [1.807, 2.05) is 0 Å². The maximum Gasteiger partial charge on any atom is 0.250 e. The fourth-order valence-electron chi connectivity index (χ4n) is 1.89. The van der Waals surface area contributed by atoms with Gasteiger partial charge in [-0.25, -0.2) is 17.5 Å². The largest absolute Gasteiger partial charge is 0.494 e. The van der Waals surface area contributed by atoms with Crippen molar-refractivity contribution in [1.82, 2.24) is 10.0 Å². The Morgan fingerprint density at radius 1 is 1.16 bits per heavy atom. The number of halogens is 1. The van der Waals surface area contributed by atoms with Gasteiger partial charge in [0.05, 0.1) is 13.2 Å². The van der Waals surface area contributed by atoms with Gasteiger partial charge in [-0.3, -0.25) is 4.79 Å². The molecule has 25 heavy (non-hydrogen) atoms. The van der Waals surface area contributed by atoms with Crippen molar-refractivity contribution in [2.24, 2.45) is 0 Å². The van der Waals surface area contributed by atoms with Gasteiger partial charge in [0, 0.05) is 6.54 Å². The molecule has 1 amide bonds. The third-order valence-electron chi connectivity index (χ3n) is 3.16. The lowest BCUT2D eigenvalue weighted by molar-refractivity contribution is -0.119. The lowest BCUT2D eigenvalue weighted by Gasteiger charge is -2.08. The smallest absolute Gasteiger partial charge is 0.250 e. The van der Waals surface area contributed by atoms with Crippen LogP contribution in [0.4, 0.5) is 4.39 Å². The van der Waals surface area contributed by atoms with Crippen molar-refractivity contribution in [2.75, 3.05) is 19.7 Å². The van der Waals surface area contributed by atoms with Gasteiger partial charge in [-0.2, -0.15) is 0 Å². The predicted molar refractivity (Wildman–Crippen MR) is 93.6 cm³/mol. The second-order valence-corrected chi connectivity index (χ2v) is 8.06. The van der Waals surface area contributed by atoms with Gasteiger partial charge < -0.3 is 10.1 Å². The van der Waals surface area contributed by atoms with Crippen LogP contribution < -0.4 is 14.8 Å². The number of ether oxygens (including phenoxy) is 1. The molecule has 1 aromatic carbocycles. The Labute approximate surface area is 150 Å². The molecular weight excluding hydrogens is 367 g/mol. The maximum atomic E-state index is 12.7. The summed E-state index contributed by atoms with van der Waals surface area (Å²) in [6.07, 6.45) is 1.39. The van der Waals surface area contributed by atoms with Crippen LogP contribution in [0.3, 0.4) is 0 Å². The summed E-state index contributed by atoms with van der Waals surface area (Å²) in [6.45, 7) is 0.575. The van der Waals surface area contributed by atoms with Crippen LogP contribution in [0.5, 0.6) is 5.75 Å². The monoisotopic (exact) mass is 386 g/mol. The SMILES string of the molecule is O=C(CNS(=O)(=O)c1cccs1)NCCCCOc1ccc(F)cc1. The van der Waals surface area contributed by atoms with Gasteiger partial charge >= 0.3 is 0 Å². The van der Waals surface area contributed by atoms with E-state index in [1.165, 1.54) is 18.2 Å². The summed E-state index contributed by atoms with van der Waals surface area (Å²) in [7, 11) is -3.62. The first-order valence-electron chi connectivity index (χ1n) is 7.65. The van der Waals surface area contributed by atoms with Gasteiger partial charge in [-0.05, 0) is 48.6 Å². The van der Waals surface area contributed by atoms with Gasteiger partial charge in [0.15, 0.2) is 0 Å². The lowest BCUT2D eigenvalue weighted by atomic mass is 10.3. The Hall–Kier alpha value is -1.97. The van der Waals surface area contributed by atoms with Crippen LogP contribution in [0.1, 0.15) is 12.8 Å². The lowest BCUT2D eigenvalue weighted by Crippen LogP contribution is -2.37. The molecule has 0 spiro atoms. The summed E-state index contributed by atoms with van der Waals surface area (Å²) in [6, 6.07) is 8.87. The highest BCUT2D eigenvalue weighted by atomic mass is 32.2. The third kappa shape index (κ3) is 6.81. The number of hydrogen-bond acceptors (Lipinski definition) is 5. The first kappa shape index (κ1) is 19.4. The molecule has 0 fully saturated rings. The molecule has 0 atom stereocenters. The van der Waals surface area contributed by atoms with E-state index >= 15 is 0 Å². The Morgan fingerprint density at radius 3 is 2.60 bits per heavy atom. The molecule has 1 heterocycles. The molecule has 0 bridgehead atoms. The summed E-state index contributed by atoms with van der Waals surface area (Å²) >= 11 is 1.09. The summed E-state index contributed by atoms with van der Waals surface area (Å²) in [5.41, 5.74) is 0. The Bertz CT molecular complexity index is 762. The summed E-state index contributed by atoms with van der Waals surface area (Å²) in [5, 5.41) is 4.29. The molecule has 0 aliphatic carbocycles. The normalized spacial score (nSPS) is 11.2. The molecule has 0 aliphatic heterocycles. The molecule has 0 saturated carbocycles. The second kappa shape index (κ2) is 9.50. The van der Waals surface area contributed by atoms with Crippen LogP contribution >= 0.6 is 11.3 Å². The minimum absolute atomic E-state index is 0.179. The minimum atomic E-state index is -3.62. The van der Waals surface area contributed by atoms with E-state index in [9.17, 15) is 17.6 Å². The standard InChI is InChI=1S/C16H19FN2O4S2/c17-13-5-7-14(8-6-13)23-10-2-1-9-18-15(20)12-19-25(21,22)16-4-3-11-24-16/h3-8,11,19H,1-2,9-10,12H2,(H,18,20). The Balaban J connectivity index is 1.56. The molecule has 0 aliphatic rings. The van der Waals surface area contributed by atoms with Crippen molar-refractivity contribution < 1.29 is 22.3 Å².